The molecule has 0 fully saturated rings. The highest BCUT2D eigenvalue weighted by Crippen LogP contribution is 2.34. The molecule has 0 bridgehead atoms. The lowest BCUT2D eigenvalue weighted by Crippen LogP contribution is -2.37. The Morgan fingerprint density at radius 3 is 2.60 bits per heavy atom. The van der Waals surface area contributed by atoms with Crippen LogP contribution in [0, 0.1) is 0 Å². The average Bonchev–Trinajstić information content (AvgIpc) is 3.16. The summed E-state index contributed by atoms with van der Waals surface area (Å²) in [5, 5.41) is 4.55. The maximum absolute atomic E-state index is 12.5. The zero-order valence-electron chi connectivity index (χ0n) is 15.9. The smallest absolute Gasteiger partial charge is 0.328 e. The molecule has 0 aliphatic carbocycles. The van der Waals surface area contributed by atoms with Gasteiger partial charge in [-0.3, -0.25) is 19.1 Å². The molecule has 0 radical (unpaired) electrons. The molecular weight excluding hydrogens is 404 g/mol. The molecule has 3 N–H and O–H groups in total. The van der Waals surface area contributed by atoms with E-state index in [1.54, 1.807) is 0 Å². The zero-order chi connectivity index (χ0) is 21.1. The lowest BCUT2D eigenvalue weighted by Gasteiger charge is -2.19. The van der Waals surface area contributed by atoms with Gasteiger partial charge in [-0.25, -0.2) is 4.79 Å². The minimum absolute atomic E-state index is 0.189. The molecule has 152 valence electrons. The molecule has 0 aliphatic rings. The third-order valence-electron chi connectivity index (χ3n) is 4.99. The Kier molecular flexibility index (Phi) is 5.54. The standard InChI is InChI=1S/C22H19ClN4O3/c23-18-7-3-1-5-14(18)16(17-11-24-19-8-4-2-6-15(17)19)12-25-21(29)13-27-10-9-20(28)26-22(27)30/h1-11,16,24H,12-13H2,(H,25,29)(H,26,28,30)/t16-/m0/s1. The topological polar surface area (TPSA) is 99.8 Å². The number of hydrogen-bond donors (Lipinski definition) is 3. The summed E-state index contributed by atoms with van der Waals surface area (Å²) >= 11 is 6.47. The maximum Gasteiger partial charge on any atom is 0.328 e. The molecule has 0 saturated carbocycles. The molecule has 2 heterocycles. The van der Waals surface area contributed by atoms with Crippen LogP contribution in [0.25, 0.3) is 10.9 Å². The molecule has 1 atom stereocenters. The Balaban J connectivity index is 1.61. The van der Waals surface area contributed by atoms with Crippen LogP contribution in [0.1, 0.15) is 17.0 Å². The lowest BCUT2D eigenvalue weighted by molar-refractivity contribution is -0.121. The maximum atomic E-state index is 12.5. The number of hydrogen-bond acceptors (Lipinski definition) is 3. The monoisotopic (exact) mass is 422 g/mol. The van der Waals surface area contributed by atoms with Crippen LogP contribution < -0.4 is 16.6 Å². The average molecular weight is 423 g/mol. The summed E-state index contributed by atoms with van der Waals surface area (Å²) in [4.78, 5) is 40.9. The summed E-state index contributed by atoms with van der Waals surface area (Å²) in [6, 6.07) is 16.7. The molecule has 30 heavy (non-hydrogen) atoms. The fourth-order valence-corrected chi connectivity index (χ4v) is 3.79. The van der Waals surface area contributed by atoms with Gasteiger partial charge in [0.1, 0.15) is 6.54 Å². The number of amides is 1. The van der Waals surface area contributed by atoms with Crippen molar-refractivity contribution in [2.24, 2.45) is 0 Å². The van der Waals surface area contributed by atoms with E-state index in [0.717, 1.165) is 26.6 Å². The Hall–Kier alpha value is -3.58. The van der Waals surface area contributed by atoms with Crippen molar-refractivity contribution in [1.82, 2.24) is 19.9 Å². The van der Waals surface area contributed by atoms with Crippen molar-refractivity contribution in [2.45, 2.75) is 12.5 Å². The number of para-hydroxylation sites is 1. The van der Waals surface area contributed by atoms with Gasteiger partial charge in [0.05, 0.1) is 0 Å². The van der Waals surface area contributed by atoms with Crippen LogP contribution in [-0.2, 0) is 11.3 Å². The summed E-state index contributed by atoms with van der Waals surface area (Å²) in [7, 11) is 0. The Morgan fingerprint density at radius 1 is 1.03 bits per heavy atom. The number of nitrogens with one attached hydrogen (secondary N) is 3. The molecule has 7 nitrogen and oxygen atoms in total. The summed E-state index contributed by atoms with van der Waals surface area (Å²) in [6.07, 6.45) is 3.23. The third kappa shape index (κ3) is 4.06. The number of carbonyl (C=O) groups excluding carboxylic acids is 1. The molecule has 8 heteroatoms. The Labute approximate surface area is 176 Å². The minimum atomic E-state index is -0.628. The number of benzene rings is 2. The number of carbonyl (C=O) groups is 1. The number of rotatable bonds is 6. The molecule has 4 aromatic rings. The van der Waals surface area contributed by atoms with Gasteiger partial charge in [0, 0.05) is 46.8 Å². The second kappa shape index (κ2) is 8.42. The van der Waals surface area contributed by atoms with E-state index in [1.165, 1.54) is 12.3 Å². The molecule has 0 spiro atoms. The molecular formula is C22H19ClN4O3. The predicted molar refractivity (Wildman–Crippen MR) is 116 cm³/mol. The largest absolute Gasteiger partial charge is 0.361 e. The summed E-state index contributed by atoms with van der Waals surface area (Å²) in [6.45, 7) is 0.0985. The molecule has 0 saturated heterocycles. The van der Waals surface area contributed by atoms with Crippen LogP contribution in [0.3, 0.4) is 0 Å². The molecule has 2 aromatic carbocycles. The summed E-state index contributed by atoms with van der Waals surface area (Å²) in [5.74, 6) is -0.535. The van der Waals surface area contributed by atoms with Gasteiger partial charge in [-0.05, 0) is 23.3 Å². The van der Waals surface area contributed by atoms with Gasteiger partial charge >= 0.3 is 5.69 Å². The SMILES string of the molecule is O=C(Cn1ccc(=O)[nH]c1=O)NC[C@@H](c1ccccc1Cl)c1c[nH]c2ccccc12. The van der Waals surface area contributed by atoms with Crippen LogP contribution in [-0.4, -0.2) is 27.0 Å². The van der Waals surface area contributed by atoms with Gasteiger partial charge in [0.25, 0.3) is 5.56 Å². The summed E-state index contributed by atoms with van der Waals surface area (Å²) in [5.41, 5.74) is 1.77. The number of halogens is 1. The van der Waals surface area contributed by atoms with E-state index < -0.39 is 11.2 Å². The van der Waals surface area contributed by atoms with Gasteiger partial charge in [0.15, 0.2) is 0 Å². The van der Waals surface area contributed by atoms with Crippen molar-refractivity contribution < 1.29 is 4.79 Å². The first-order chi connectivity index (χ1) is 14.5. The highest BCUT2D eigenvalue weighted by molar-refractivity contribution is 6.31. The van der Waals surface area contributed by atoms with Crippen LogP contribution in [0.2, 0.25) is 5.02 Å². The van der Waals surface area contributed by atoms with Crippen LogP contribution >= 0.6 is 11.6 Å². The molecule has 0 unspecified atom stereocenters. The van der Waals surface area contributed by atoms with E-state index in [2.05, 4.69) is 15.3 Å². The number of aromatic amines is 2. The van der Waals surface area contributed by atoms with Crippen LogP contribution in [0.15, 0.2) is 76.6 Å². The lowest BCUT2D eigenvalue weighted by atomic mass is 9.90. The van der Waals surface area contributed by atoms with E-state index >= 15 is 0 Å². The van der Waals surface area contributed by atoms with Gasteiger partial charge < -0.3 is 10.3 Å². The van der Waals surface area contributed by atoms with Crippen molar-refractivity contribution in [2.75, 3.05) is 6.54 Å². The molecule has 0 aliphatic heterocycles. The van der Waals surface area contributed by atoms with Crippen molar-refractivity contribution >= 4 is 28.4 Å². The first kappa shape index (κ1) is 19.7. The Bertz CT molecular complexity index is 1320. The number of aromatic nitrogens is 3. The van der Waals surface area contributed by atoms with Crippen LogP contribution in [0.5, 0.6) is 0 Å². The molecule has 1 amide bonds. The predicted octanol–water partition coefficient (Wildman–Crippen LogP) is 2.62. The van der Waals surface area contributed by atoms with Crippen molar-refractivity contribution in [3.63, 3.8) is 0 Å². The van der Waals surface area contributed by atoms with Crippen molar-refractivity contribution in [3.05, 3.63) is 104 Å². The van der Waals surface area contributed by atoms with Gasteiger partial charge in [-0.15, -0.1) is 0 Å². The van der Waals surface area contributed by atoms with Crippen molar-refractivity contribution in [3.8, 4) is 0 Å². The highest BCUT2D eigenvalue weighted by Gasteiger charge is 2.21. The quantitative estimate of drug-likeness (QED) is 0.445. The minimum Gasteiger partial charge on any atom is -0.361 e. The first-order valence-electron chi connectivity index (χ1n) is 9.40. The van der Waals surface area contributed by atoms with E-state index in [1.807, 2.05) is 54.7 Å². The van der Waals surface area contributed by atoms with E-state index in [4.69, 9.17) is 11.6 Å². The van der Waals surface area contributed by atoms with Gasteiger partial charge in [-0.1, -0.05) is 48.0 Å². The number of H-pyrrole nitrogens is 2. The van der Waals surface area contributed by atoms with Gasteiger partial charge in [-0.2, -0.15) is 0 Å². The normalized spacial score (nSPS) is 12.0. The van der Waals surface area contributed by atoms with E-state index in [0.29, 0.717) is 11.6 Å². The second-order valence-corrected chi connectivity index (χ2v) is 7.31. The highest BCUT2D eigenvalue weighted by atomic mass is 35.5. The fourth-order valence-electron chi connectivity index (χ4n) is 3.52. The summed E-state index contributed by atoms with van der Waals surface area (Å²) < 4.78 is 1.15. The molecule has 2 aromatic heterocycles. The van der Waals surface area contributed by atoms with E-state index in [9.17, 15) is 14.4 Å². The second-order valence-electron chi connectivity index (χ2n) is 6.91. The fraction of sp³-hybridized carbons (Fsp3) is 0.136. The number of fused-ring (bicyclic) bond motifs is 1. The van der Waals surface area contributed by atoms with Crippen molar-refractivity contribution in [1.29, 1.82) is 0 Å². The van der Waals surface area contributed by atoms with Crippen LogP contribution in [0.4, 0.5) is 0 Å². The Morgan fingerprint density at radius 2 is 1.80 bits per heavy atom. The molecule has 4 rings (SSSR count). The first-order valence-corrected chi connectivity index (χ1v) is 9.77. The third-order valence-corrected chi connectivity index (χ3v) is 5.34. The van der Waals surface area contributed by atoms with E-state index in [-0.39, 0.29) is 18.4 Å². The van der Waals surface area contributed by atoms with Gasteiger partial charge in [0.2, 0.25) is 5.91 Å². The zero-order valence-corrected chi connectivity index (χ0v) is 16.6. The number of nitrogens with zero attached hydrogens (tertiary/aromatic N) is 1.